The number of amides is 1. The molecule has 5 rings (SSSR count). The maximum absolute atomic E-state index is 13.0. The minimum Gasteiger partial charge on any atom is -0.493 e. The van der Waals surface area contributed by atoms with Gasteiger partial charge in [0.05, 0.1) is 17.2 Å². The zero-order valence-electron chi connectivity index (χ0n) is 17.4. The van der Waals surface area contributed by atoms with E-state index in [0.29, 0.717) is 12.4 Å². The van der Waals surface area contributed by atoms with Crippen molar-refractivity contribution in [2.24, 2.45) is 5.41 Å². The van der Waals surface area contributed by atoms with Gasteiger partial charge in [0.25, 0.3) is 0 Å². The second kappa shape index (κ2) is 7.95. The SMILES string of the molecule is C[C@@]12COc3ccccc3[C@H]1c1sc(=O)n(CC(=O)Nc3cccc(C(F)(F)F)c3)c1SC2. The molecular formula is C23H19F3N2O3S2. The number of benzene rings is 2. The molecule has 0 fully saturated rings. The smallest absolute Gasteiger partial charge is 0.416 e. The van der Waals surface area contributed by atoms with Gasteiger partial charge in [-0.15, -0.1) is 11.8 Å². The molecule has 2 atom stereocenters. The third kappa shape index (κ3) is 3.95. The number of fused-ring (bicyclic) bond motifs is 5. The number of hydrogen-bond acceptors (Lipinski definition) is 5. The van der Waals surface area contributed by atoms with Crippen LogP contribution in [-0.2, 0) is 17.5 Å². The van der Waals surface area contributed by atoms with Gasteiger partial charge >= 0.3 is 11.0 Å². The van der Waals surface area contributed by atoms with Crippen molar-refractivity contribution in [1.82, 2.24) is 4.57 Å². The molecule has 1 aromatic heterocycles. The van der Waals surface area contributed by atoms with Crippen LogP contribution in [0.1, 0.15) is 28.8 Å². The molecule has 172 valence electrons. The number of hydrogen-bond donors (Lipinski definition) is 1. The monoisotopic (exact) mass is 492 g/mol. The fourth-order valence-corrected chi connectivity index (χ4v) is 7.18. The quantitative estimate of drug-likeness (QED) is 0.546. The Labute approximate surface area is 195 Å². The molecule has 0 saturated heterocycles. The third-order valence-corrected chi connectivity index (χ3v) is 8.62. The zero-order valence-corrected chi connectivity index (χ0v) is 19.1. The van der Waals surface area contributed by atoms with Crippen molar-refractivity contribution in [3.63, 3.8) is 0 Å². The number of carbonyl (C=O) groups is 1. The molecule has 1 N–H and O–H groups in total. The lowest BCUT2D eigenvalue weighted by atomic mass is 9.72. The highest BCUT2D eigenvalue weighted by Gasteiger charge is 2.47. The first-order valence-corrected chi connectivity index (χ1v) is 12.0. The Bertz CT molecular complexity index is 1300. The molecule has 10 heteroatoms. The molecule has 3 heterocycles. The first-order valence-electron chi connectivity index (χ1n) is 10.2. The second-order valence-corrected chi connectivity index (χ2v) is 10.4. The first kappa shape index (κ1) is 22.1. The van der Waals surface area contributed by atoms with Crippen molar-refractivity contribution >= 4 is 34.7 Å². The van der Waals surface area contributed by atoms with Gasteiger partial charge in [-0.05, 0) is 24.3 Å². The van der Waals surface area contributed by atoms with E-state index >= 15 is 0 Å². The van der Waals surface area contributed by atoms with Gasteiger partial charge < -0.3 is 10.1 Å². The Kier molecular flexibility index (Phi) is 5.32. The fourth-order valence-electron chi connectivity index (χ4n) is 4.36. The molecule has 0 radical (unpaired) electrons. The van der Waals surface area contributed by atoms with E-state index in [1.165, 1.54) is 28.5 Å². The second-order valence-electron chi connectivity index (χ2n) is 8.45. The molecule has 0 bridgehead atoms. The van der Waals surface area contributed by atoms with Gasteiger partial charge in [-0.1, -0.05) is 42.5 Å². The number of para-hydroxylation sites is 1. The number of nitrogens with one attached hydrogen (secondary N) is 1. The Morgan fingerprint density at radius 2 is 2.03 bits per heavy atom. The number of carbonyl (C=O) groups excluding carboxylic acids is 1. The Balaban J connectivity index is 1.44. The predicted octanol–water partition coefficient (Wildman–Crippen LogP) is 5.20. The number of ether oxygens (including phenoxy) is 1. The predicted molar refractivity (Wildman–Crippen MR) is 121 cm³/mol. The molecule has 0 aliphatic carbocycles. The number of nitrogens with zero attached hydrogens (tertiary/aromatic N) is 1. The molecule has 1 amide bonds. The molecule has 0 saturated carbocycles. The Hall–Kier alpha value is -2.72. The number of anilines is 1. The van der Waals surface area contributed by atoms with E-state index in [4.69, 9.17) is 4.74 Å². The number of alkyl halides is 3. The largest absolute Gasteiger partial charge is 0.493 e. The van der Waals surface area contributed by atoms with E-state index in [9.17, 15) is 22.8 Å². The summed E-state index contributed by atoms with van der Waals surface area (Å²) < 4.78 is 46.3. The van der Waals surface area contributed by atoms with Crippen LogP contribution in [0.25, 0.3) is 0 Å². The van der Waals surface area contributed by atoms with Crippen molar-refractivity contribution in [3.8, 4) is 5.75 Å². The van der Waals surface area contributed by atoms with Crippen molar-refractivity contribution in [1.29, 1.82) is 0 Å². The van der Waals surface area contributed by atoms with Crippen LogP contribution < -0.4 is 14.9 Å². The maximum Gasteiger partial charge on any atom is 0.416 e. The summed E-state index contributed by atoms with van der Waals surface area (Å²) in [5, 5.41) is 3.22. The first-order chi connectivity index (χ1) is 15.7. The van der Waals surface area contributed by atoms with Gasteiger partial charge in [-0.3, -0.25) is 14.2 Å². The summed E-state index contributed by atoms with van der Waals surface area (Å²) >= 11 is 2.64. The van der Waals surface area contributed by atoms with Crippen LogP contribution in [0.3, 0.4) is 0 Å². The highest BCUT2D eigenvalue weighted by molar-refractivity contribution is 7.99. The molecule has 0 unspecified atom stereocenters. The molecule has 2 aliphatic heterocycles. The molecular weight excluding hydrogens is 473 g/mol. The van der Waals surface area contributed by atoms with Crippen molar-refractivity contribution in [2.45, 2.75) is 30.6 Å². The molecule has 3 aromatic rings. The van der Waals surface area contributed by atoms with Gasteiger partial charge in [0.1, 0.15) is 12.3 Å². The highest BCUT2D eigenvalue weighted by atomic mass is 32.2. The number of thiazole rings is 1. The van der Waals surface area contributed by atoms with Crippen molar-refractivity contribution < 1.29 is 22.7 Å². The van der Waals surface area contributed by atoms with E-state index in [-0.39, 0.29) is 28.4 Å². The van der Waals surface area contributed by atoms with Crippen LogP contribution in [0, 0.1) is 5.41 Å². The summed E-state index contributed by atoms with van der Waals surface area (Å²) in [6.45, 7) is 2.40. The van der Waals surface area contributed by atoms with Crippen molar-refractivity contribution in [2.75, 3.05) is 17.7 Å². The molecule has 0 spiro atoms. The van der Waals surface area contributed by atoms with E-state index in [0.717, 1.165) is 44.7 Å². The van der Waals surface area contributed by atoms with E-state index in [2.05, 4.69) is 12.2 Å². The van der Waals surface area contributed by atoms with Gasteiger partial charge in [0, 0.05) is 33.2 Å². The normalized spacial score (nSPS) is 21.4. The number of aromatic nitrogens is 1. The van der Waals surface area contributed by atoms with Gasteiger partial charge in [-0.2, -0.15) is 13.2 Å². The van der Waals surface area contributed by atoms with Crippen LogP contribution in [0.2, 0.25) is 0 Å². The molecule has 5 nitrogen and oxygen atoms in total. The van der Waals surface area contributed by atoms with E-state index in [1.54, 1.807) is 0 Å². The van der Waals surface area contributed by atoms with Crippen molar-refractivity contribution in [3.05, 3.63) is 74.2 Å². The number of thioether (sulfide) groups is 1. The highest BCUT2D eigenvalue weighted by Crippen LogP contribution is 2.56. The Morgan fingerprint density at radius 1 is 1.24 bits per heavy atom. The zero-order chi connectivity index (χ0) is 23.4. The third-order valence-electron chi connectivity index (χ3n) is 5.93. The van der Waals surface area contributed by atoms with E-state index < -0.39 is 17.6 Å². The standard InChI is InChI=1S/C23H19F3N2O3S2/c1-22-11-31-16-8-3-2-7-15(16)18(22)19-20(32-12-22)28(21(30)33-19)10-17(29)27-14-6-4-5-13(9-14)23(24,25)26/h2-9,18H,10-12H2,1H3,(H,27,29)/t18-,22-/m0/s1. The lowest BCUT2D eigenvalue weighted by molar-refractivity contribution is -0.137. The minimum atomic E-state index is -4.51. The fraction of sp³-hybridized carbons (Fsp3) is 0.304. The van der Waals surface area contributed by atoms with Gasteiger partial charge in [0.15, 0.2) is 0 Å². The van der Waals surface area contributed by atoms with Crippen LogP contribution >= 0.6 is 23.1 Å². The van der Waals surface area contributed by atoms with Gasteiger partial charge in [0.2, 0.25) is 5.91 Å². The minimum absolute atomic E-state index is 0.0239. The number of halogens is 3. The molecule has 2 aromatic carbocycles. The number of rotatable bonds is 3. The van der Waals surface area contributed by atoms with Crippen LogP contribution in [0.5, 0.6) is 5.75 Å². The topological polar surface area (TPSA) is 60.3 Å². The summed E-state index contributed by atoms with van der Waals surface area (Å²) in [7, 11) is 0. The molecule has 2 aliphatic rings. The summed E-state index contributed by atoms with van der Waals surface area (Å²) in [5.74, 6) is 0.930. The van der Waals surface area contributed by atoms with Gasteiger partial charge in [-0.25, -0.2) is 0 Å². The lowest BCUT2D eigenvalue weighted by Crippen LogP contribution is -2.41. The lowest BCUT2D eigenvalue weighted by Gasteiger charge is -2.44. The van der Waals surface area contributed by atoms with E-state index in [1.807, 2.05) is 24.3 Å². The van der Waals surface area contributed by atoms with Crippen LogP contribution in [0.4, 0.5) is 18.9 Å². The molecule has 33 heavy (non-hydrogen) atoms. The summed E-state index contributed by atoms with van der Waals surface area (Å²) in [5.41, 5.74) is 0.0140. The summed E-state index contributed by atoms with van der Waals surface area (Å²) in [6, 6.07) is 12.2. The van der Waals surface area contributed by atoms with Crippen LogP contribution in [0.15, 0.2) is 58.4 Å². The Morgan fingerprint density at radius 3 is 2.82 bits per heavy atom. The summed E-state index contributed by atoms with van der Waals surface area (Å²) in [6.07, 6.45) is -4.51. The average molecular weight is 493 g/mol. The van der Waals surface area contributed by atoms with Crippen LogP contribution in [-0.4, -0.2) is 22.8 Å². The summed E-state index contributed by atoms with van der Waals surface area (Å²) in [4.78, 5) is 26.2. The average Bonchev–Trinajstić information content (AvgIpc) is 3.07. The maximum atomic E-state index is 13.0.